The lowest BCUT2D eigenvalue weighted by atomic mass is 9.71. The molecule has 0 bridgehead atoms. The third-order valence-electron chi connectivity index (χ3n) is 3.44. The fraction of sp³-hybridized carbons (Fsp3) is 0.667. The van der Waals surface area contributed by atoms with Crippen LogP contribution in [0.3, 0.4) is 0 Å². The summed E-state index contributed by atoms with van der Waals surface area (Å²) in [5, 5.41) is 9.43. The van der Waals surface area contributed by atoms with E-state index in [-0.39, 0.29) is 11.5 Å². The van der Waals surface area contributed by atoms with Gasteiger partial charge in [-0.15, -0.1) is 0 Å². The van der Waals surface area contributed by atoms with Gasteiger partial charge in [-0.25, -0.2) is 0 Å². The second kappa shape index (κ2) is 5.00. The summed E-state index contributed by atoms with van der Waals surface area (Å²) >= 11 is 0. The summed E-state index contributed by atoms with van der Waals surface area (Å²) in [5.74, 6) is 2.14. The number of rotatable bonds is 3. The smallest absolute Gasteiger partial charge is 0.423 e. The first-order chi connectivity index (χ1) is 6.98. The van der Waals surface area contributed by atoms with Gasteiger partial charge in [0.25, 0.3) is 0 Å². The molecular weight excluding hydrogens is 187 g/mol. The lowest BCUT2D eigenvalue weighted by Crippen LogP contribution is -2.41. The number of allylic oxidation sites excluding steroid dienone is 2. The predicted molar refractivity (Wildman–Crippen MR) is 64.4 cm³/mol. The standard InChI is InChI=1S/C12H21BO2/c1-5-7-10(2)12(3,4)11-8-6-9-13(14)15-11/h5-7,9-11,14H,8H2,1-4H3/b7-5+/t10-,11-/m0/s1. The van der Waals surface area contributed by atoms with Gasteiger partial charge in [0, 0.05) is 0 Å². The third kappa shape index (κ3) is 2.96. The Bertz CT molecular complexity index is 258. The minimum Gasteiger partial charge on any atom is -0.423 e. The van der Waals surface area contributed by atoms with Gasteiger partial charge in [-0.3, -0.25) is 0 Å². The molecule has 0 saturated heterocycles. The van der Waals surface area contributed by atoms with Gasteiger partial charge >= 0.3 is 7.12 Å². The average Bonchev–Trinajstić information content (AvgIpc) is 2.18. The molecule has 1 aliphatic heterocycles. The summed E-state index contributed by atoms with van der Waals surface area (Å²) in [5.41, 5.74) is 0.0399. The van der Waals surface area contributed by atoms with Crippen LogP contribution in [0.2, 0.25) is 0 Å². The van der Waals surface area contributed by atoms with Crippen molar-refractivity contribution in [2.24, 2.45) is 11.3 Å². The van der Waals surface area contributed by atoms with E-state index in [0.717, 1.165) is 6.42 Å². The second-order valence-electron chi connectivity index (χ2n) is 4.81. The normalized spacial score (nSPS) is 24.9. The van der Waals surface area contributed by atoms with Crippen molar-refractivity contribution in [3.05, 3.63) is 24.2 Å². The van der Waals surface area contributed by atoms with Crippen LogP contribution in [0, 0.1) is 11.3 Å². The highest BCUT2D eigenvalue weighted by molar-refractivity contribution is 6.49. The molecule has 0 aromatic heterocycles. The molecule has 0 aliphatic carbocycles. The summed E-state index contributed by atoms with van der Waals surface area (Å²) in [6, 6.07) is 0. The largest absolute Gasteiger partial charge is 0.483 e. The zero-order valence-electron chi connectivity index (χ0n) is 10.1. The molecule has 0 aromatic carbocycles. The van der Waals surface area contributed by atoms with Crippen LogP contribution in [0.25, 0.3) is 0 Å². The van der Waals surface area contributed by atoms with Gasteiger partial charge in [-0.2, -0.15) is 0 Å². The van der Waals surface area contributed by atoms with Crippen LogP contribution in [0.1, 0.15) is 34.1 Å². The van der Waals surface area contributed by atoms with E-state index in [1.807, 2.05) is 13.0 Å². The van der Waals surface area contributed by atoms with Crippen molar-refractivity contribution in [1.29, 1.82) is 0 Å². The maximum Gasteiger partial charge on any atom is 0.483 e. The maximum atomic E-state index is 9.43. The van der Waals surface area contributed by atoms with Crippen molar-refractivity contribution in [3.8, 4) is 0 Å². The molecule has 3 heteroatoms. The predicted octanol–water partition coefficient (Wildman–Crippen LogP) is 2.59. The summed E-state index contributed by atoms with van der Waals surface area (Å²) in [7, 11) is -0.735. The zero-order chi connectivity index (χ0) is 11.5. The lowest BCUT2D eigenvalue weighted by molar-refractivity contribution is 0.0316. The van der Waals surface area contributed by atoms with E-state index in [4.69, 9.17) is 4.65 Å². The molecular formula is C12H21BO2. The van der Waals surface area contributed by atoms with E-state index in [2.05, 4.69) is 32.9 Å². The van der Waals surface area contributed by atoms with Crippen LogP contribution in [0.15, 0.2) is 24.2 Å². The Balaban J connectivity index is 2.72. The molecule has 84 valence electrons. The first-order valence-electron chi connectivity index (χ1n) is 5.61. The van der Waals surface area contributed by atoms with Crippen molar-refractivity contribution in [2.45, 2.75) is 40.2 Å². The minimum absolute atomic E-state index is 0.0399. The van der Waals surface area contributed by atoms with Crippen molar-refractivity contribution < 1.29 is 9.68 Å². The van der Waals surface area contributed by atoms with Gasteiger partial charge in [0.15, 0.2) is 0 Å². The number of hydrogen-bond donors (Lipinski definition) is 1. The van der Waals surface area contributed by atoms with Gasteiger partial charge in [0.1, 0.15) is 0 Å². The van der Waals surface area contributed by atoms with Crippen LogP contribution in [0.4, 0.5) is 0 Å². The SMILES string of the molecule is C/C=C/[C@H](C)C(C)(C)[C@@H]1CC=CB(O)O1. The van der Waals surface area contributed by atoms with Crippen molar-refractivity contribution in [1.82, 2.24) is 0 Å². The van der Waals surface area contributed by atoms with Crippen molar-refractivity contribution >= 4 is 7.12 Å². The van der Waals surface area contributed by atoms with Crippen LogP contribution < -0.4 is 0 Å². The van der Waals surface area contributed by atoms with Gasteiger partial charge in [-0.1, -0.05) is 45.0 Å². The molecule has 0 saturated carbocycles. The Kier molecular flexibility index (Phi) is 4.17. The second-order valence-corrected chi connectivity index (χ2v) is 4.81. The van der Waals surface area contributed by atoms with E-state index in [0.29, 0.717) is 5.92 Å². The van der Waals surface area contributed by atoms with E-state index >= 15 is 0 Å². The highest BCUT2D eigenvalue weighted by Crippen LogP contribution is 2.36. The molecule has 0 fully saturated rings. The summed E-state index contributed by atoms with van der Waals surface area (Å²) in [6.07, 6.45) is 7.23. The Morgan fingerprint density at radius 2 is 2.27 bits per heavy atom. The average molecular weight is 208 g/mol. The van der Waals surface area contributed by atoms with E-state index in [9.17, 15) is 5.02 Å². The molecule has 1 N–H and O–H groups in total. The molecule has 2 nitrogen and oxygen atoms in total. The molecule has 1 heterocycles. The van der Waals surface area contributed by atoms with Gasteiger partial charge in [0.05, 0.1) is 6.10 Å². The molecule has 0 radical (unpaired) electrons. The molecule has 0 aromatic rings. The monoisotopic (exact) mass is 208 g/mol. The van der Waals surface area contributed by atoms with E-state index < -0.39 is 7.12 Å². The van der Waals surface area contributed by atoms with Gasteiger partial charge < -0.3 is 9.68 Å². The van der Waals surface area contributed by atoms with Gasteiger partial charge in [0.2, 0.25) is 0 Å². The first-order valence-corrected chi connectivity index (χ1v) is 5.61. The quantitative estimate of drug-likeness (QED) is 0.570. The zero-order valence-corrected chi connectivity index (χ0v) is 10.1. The minimum atomic E-state index is -0.735. The third-order valence-corrected chi connectivity index (χ3v) is 3.44. The Morgan fingerprint density at radius 1 is 1.60 bits per heavy atom. The van der Waals surface area contributed by atoms with Crippen LogP contribution >= 0.6 is 0 Å². The Hall–Kier alpha value is -0.535. The Morgan fingerprint density at radius 3 is 2.80 bits per heavy atom. The maximum absolute atomic E-state index is 9.43. The highest BCUT2D eigenvalue weighted by Gasteiger charge is 2.36. The molecule has 1 aliphatic rings. The van der Waals surface area contributed by atoms with E-state index in [1.165, 1.54) is 0 Å². The van der Waals surface area contributed by atoms with Crippen molar-refractivity contribution in [2.75, 3.05) is 0 Å². The molecule has 0 unspecified atom stereocenters. The first kappa shape index (κ1) is 12.5. The van der Waals surface area contributed by atoms with Crippen LogP contribution in [0.5, 0.6) is 0 Å². The topological polar surface area (TPSA) is 29.5 Å². The molecule has 2 atom stereocenters. The molecule has 1 rings (SSSR count). The fourth-order valence-electron chi connectivity index (χ4n) is 1.90. The molecule has 0 amide bonds. The lowest BCUT2D eigenvalue weighted by Gasteiger charge is -2.39. The molecule has 0 spiro atoms. The number of hydrogen-bond acceptors (Lipinski definition) is 2. The fourth-order valence-corrected chi connectivity index (χ4v) is 1.90. The molecule has 15 heavy (non-hydrogen) atoms. The highest BCUT2D eigenvalue weighted by atomic mass is 16.5. The van der Waals surface area contributed by atoms with E-state index in [1.54, 1.807) is 5.98 Å². The summed E-state index contributed by atoms with van der Waals surface area (Å²) < 4.78 is 5.55. The Labute approximate surface area is 93.2 Å². The van der Waals surface area contributed by atoms with Gasteiger partial charge in [-0.05, 0) is 24.7 Å². The summed E-state index contributed by atoms with van der Waals surface area (Å²) in [4.78, 5) is 0. The van der Waals surface area contributed by atoms with Crippen molar-refractivity contribution in [3.63, 3.8) is 0 Å². The van der Waals surface area contributed by atoms with Crippen LogP contribution in [-0.2, 0) is 4.65 Å². The van der Waals surface area contributed by atoms with Crippen LogP contribution in [-0.4, -0.2) is 18.2 Å². The summed E-state index contributed by atoms with van der Waals surface area (Å²) in [6.45, 7) is 8.60.